The average molecular weight is 273 g/mol. The summed E-state index contributed by atoms with van der Waals surface area (Å²) in [6.07, 6.45) is 0. The predicted octanol–water partition coefficient (Wildman–Crippen LogP) is 3.07. The summed E-state index contributed by atoms with van der Waals surface area (Å²) in [5, 5.41) is 20.8. The fourth-order valence-electron chi connectivity index (χ4n) is 1.58. The molecule has 0 aliphatic rings. The van der Waals surface area contributed by atoms with Crippen molar-refractivity contribution in [3.63, 3.8) is 0 Å². The lowest BCUT2D eigenvalue weighted by molar-refractivity contribution is -0.137. The quantitative estimate of drug-likeness (QED) is 0.780. The molecule has 5 heteroatoms. The monoisotopic (exact) mass is 273 g/mol. The number of hydrogen-bond donors (Lipinski definition) is 3. The Hall–Kier alpha value is -2.69. The number of anilines is 1. The van der Waals surface area contributed by atoms with E-state index in [1.807, 2.05) is 0 Å². The smallest absolute Gasteiger partial charge is 0.325 e. The van der Waals surface area contributed by atoms with Crippen molar-refractivity contribution in [3.05, 3.63) is 48.5 Å². The number of hydrogen-bond acceptors (Lipinski definition) is 4. The summed E-state index contributed by atoms with van der Waals surface area (Å²) in [4.78, 5) is 10.7. The van der Waals surface area contributed by atoms with Crippen LogP contribution >= 0.6 is 0 Å². The Kier molecular flexibility index (Phi) is 4.10. The molecule has 0 unspecified atom stereocenters. The van der Waals surface area contributed by atoms with E-state index < -0.39 is 12.0 Å². The van der Waals surface area contributed by atoms with Crippen molar-refractivity contribution < 1.29 is 19.7 Å². The lowest BCUT2D eigenvalue weighted by atomic mass is 10.2. The SMILES string of the molecule is C[C@H](Nc1ccc(Oc2ccc(O)cc2)cc1)C(=O)O. The van der Waals surface area contributed by atoms with Crippen molar-refractivity contribution in [2.24, 2.45) is 0 Å². The number of carboxylic acid groups (broad SMARTS) is 1. The Morgan fingerprint density at radius 3 is 2.05 bits per heavy atom. The molecule has 0 amide bonds. The number of nitrogens with one attached hydrogen (secondary N) is 1. The van der Waals surface area contributed by atoms with Crippen molar-refractivity contribution in [3.8, 4) is 17.2 Å². The van der Waals surface area contributed by atoms with Crippen LogP contribution < -0.4 is 10.1 Å². The maximum Gasteiger partial charge on any atom is 0.325 e. The molecule has 0 aliphatic carbocycles. The van der Waals surface area contributed by atoms with Crippen molar-refractivity contribution in [1.29, 1.82) is 0 Å². The molecule has 0 saturated heterocycles. The molecular formula is C15H15NO4. The van der Waals surface area contributed by atoms with Crippen molar-refractivity contribution in [2.45, 2.75) is 13.0 Å². The summed E-state index contributed by atoms with van der Waals surface area (Å²) >= 11 is 0. The number of benzene rings is 2. The zero-order valence-corrected chi connectivity index (χ0v) is 10.9. The fraction of sp³-hybridized carbons (Fsp3) is 0.133. The molecule has 0 aliphatic heterocycles. The van der Waals surface area contributed by atoms with Crippen molar-refractivity contribution in [1.82, 2.24) is 0 Å². The molecule has 20 heavy (non-hydrogen) atoms. The van der Waals surface area contributed by atoms with E-state index in [0.717, 1.165) is 0 Å². The molecule has 1 atom stereocenters. The molecule has 0 bridgehead atoms. The number of phenols is 1. The first kappa shape index (κ1) is 13.7. The number of carboxylic acids is 1. The largest absolute Gasteiger partial charge is 0.508 e. The van der Waals surface area contributed by atoms with Crippen LogP contribution in [0, 0.1) is 0 Å². The molecular weight excluding hydrogens is 258 g/mol. The minimum absolute atomic E-state index is 0.180. The predicted molar refractivity (Wildman–Crippen MR) is 75.3 cm³/mol. The van der Waals surface area contributed by atoms with E-state index in [4.69, 9.17) is 9.84 Å². The molecule has 0 saturated carbocycles. The molecule has 2 aromatic carbocycles. The van der Waals surface area contributed by atoms with E-state index in [-0.39, 0.29) is 5.75 Å². The van der Waals surface area contributed by atoms with Gasteiger partial charge in [0.2, 0.25) is 0 Å². The fourth-order valence-corrected chi connectivity index (χ4v) is 1.58. The third-order valence-corrected chi connectivity index (χ3v) is 2.68. The maximum atomic E-state index is 10.7. The molecule has 3 N–H and O–H groups in total. The highest BCUT2D eigenvalue weighted by Gasteiger charge is 2.09. The molecule has 0 fully saturated rings. The highest BCUT2D eigenvalue weighted by atomic mass is 16.5. The van der Waals surface area contributed by atoms with Crippen LogP contribution in [-0.4, -0.2) is 22.2 Å². The van der Waals surface area contributed by atoms with Crippen LogP contribution in [0.25, 0.3) is 0 Å². The average Bonchev–Trinajstić information content (AvgIpc) is 2.43. The number of carbonyl (C=O) groups is 1. The molecule has 0 radical (unpaired) electrons. The molecule has 0 heterocycles. The summed E-state index contributed by atoms with van der Waals surface area (Å²) in [5.41, 5.74) is 0.706. The Morgan fingerprint density at radius 2 is 1.55 bits per heavy atom. The van der Waals surface area contributed by atoms with E-state index in [0.29, 0.717) is 17.2 Å². The third-order valence-electron chi connectivity index (χ3n) is 2.68. The van der Waals surface area contributed by atoms with Crippen LogP contribution in [-0.2, 0) is 4.79 Å². The van der Waals surface area contributed by atoms with Crippen LogP contribution in [0.4, 0.5) is 5.69 Å². The molecule has 0 aromatic heterocycles. The van der Waals surface area contributed by atoms with Gasteiger partial charge in [0.25, 0.3) is 0 Å². The molecule has 5 nitrogen and oxygen atoms in total. The van der Waals surface area contributed by atoms with Gasteiger partial charge in [-0.25, -0.2) is 0 Å². The minimum atomic E-state index is -0.908. The van der Waals surface area contributed by atoms with Crippen molar-refractivity contribution in [2.75, 3.05) is 5.32 Å². The molecule has 2 rings (SSSR count). The lowest BCUT2D eigenvalue weighted by Crippen LogP contribution is -2.25. The van der Waals surface area contributed by atoms with Crippen LogP contribution in [0.3, 0.4) is 0 Å². The van der Waals surface area contributed by atoms with Crippen molar-refractivity contribution >= 4 is 11.7 Å². The third kappa shape index (κ3) is 3.65. The number of rotatable bonds is 5. The first-order valence-electron chi connectivity index (χ1n) is 6.11. The van der Waals surface area contributed by atoms with E-state index in [9.17, 15) is 9.90 Å². The number of aliphatic carboxylic acids is 1. The molecule has 0 spiro atoms. The Labute approximate surface area is 116 Å². The van der Waals surface area contributed by atoms with Crippen LogP contribution in [0.5, 0.6) is 17.2 Å². The summed E-state index contributed by atoms with van der Waals surface area (Å²) < 4.78 is 5.59. The van der Waals surface area contributed by atoms with Gasteiger partial charge in [-0.05, 0) is 55.5 Å². The van der Waals surface area contributed by atoms with Gasteiger partial charge in [0.05, 0.1) is 0 Å². The zero-order chi connectivity index (χ0) is 14.5. The van der Waals surface area contributed by atoms with Gasteiger partial charge in [-0.2, -0.15) is 0 Å². The summed E-state index contributed by atoms with van der Waals surface area (Å²) in [5.74, 6) is 0.514. The molecule has 2 aromatic rings. The van der Waals surface area contributed by atoms with Crippen LogP contribution in [0.2, 0.25) is 0 Å². The minimum Gasteiger partial charge on any atom is -0.508 e. The van der Waals surface area contributed by atoms with Gasteiger partial charge in [-0.15, -0.1) is 0 Å². The van der Waals surface area contributed by atoms with Crippen LogP contribution in [0.15, 0.2) is 48.5 Å². The number of ether oxygens (including phenoxy) is 1. The second-order valence-electron chi connectivity index (χ2n) is 4.32. The van der Waals surface area contributed by atoms with E-state index >= 15 is 0 Å². The van der Waals surface area contributed by atoms with Crippen LogP contribution in [0.1, 0.15) is 6.92 Å². The first-order valence-corrected chi connectivity index (χ1v) is 6.11. The first-order chi connectivity index (χ1) is 9.54. The standard InChI is InChI=1S/C15H15NO4/c1-10(15(18)19)16-11-2-6-13(7-3-11)20-14-8-4-12(17)5-9-14/h2-10,16-17H,1H3,(H,18,19)/t10-/m0/s1. The van der Waals surface area contributed by atoms with Gasteiger partial charge < -0.3 is 20.3 Å². The van der Waals surface area contributed by atoms with E-state index in [1.54, 1.807) is 55.5 Å². The number of aromatic hydroxyl groups is 1. The Morgan fingerprint density at radius 1 is 1.05 bits per heavy atom. The lowest BCUT2D eigenvalue weighted by Gasteiger charge is -2.11. The van der Waals surface area contributed by atoms with Gasteiger partial charge in [0.1, 0.15) is 23.3 Å². The summed E-state index contributed by atoms with van der Waals surface area (Å²) in [6, 6.07) is 12.7. The van der Waals surface area contributed by atoms with E-state index in [1.165, 1.54) is 0 Å². The molecule has 104 valence electrons. The normalized spacial score (nSPS) is 11.7. The zero-order valence-electron chi connectivity index (χ0n) is 10.9. The van der Waals surface area contributed by atoms with Gasteiger partial charge in [0, 0.05) is 5.69 Å². The van der Waals surface area contributed by atoms with E-state index in [2.05, 4.69) is 5.32 Å². The second-order valence-corrected chi connectivity index (χ2v) is 4.32. The van der Waals surface area contributed by atoms with Gasteiger partial charge in [0.15, 0.2) is 0 Å². The summed E-state index contributed by atoms with van der Waals surface area (Å²) in [6.45, 7) is 1.57. The topological polar surface area (TPSA) is 78.8 Å². The second kappa shape index (κ2) is 5.97. The Balaban J connectivity index is 2.01. The maximum absolute atomic E-state index is 10.7. The van der Waals surface area contributed by atoms with Gasteiger partial charge >= 0.3 is 5.97 Å². The highest BCUT2D eigenvalue weighted by molar-refractivity contribution is 5.76. The van der Waals surface area contributed by atoms with Gasteiger partial charge in [-0.1, -0.05) is 0 Å². The number of phenolic OH excluding ortho intramolecular Hbond substituents is 1. The van der Waals surface area contributed by atoms with Gasteiger partial charge in [-0.3, -0.25) is 4.79 Å². The Bertz CT molecular complexity index is 578. The highest BCUT2D eigenvalue weighted by Crippen LogP contribution is 2.24. The summed E-state index contributed by atoms with van der Waals surface area (Å²) in [7, 11) is 0.